The highest BCUT2D eigenvalue weighted by molar-refractivity contribution is 7.55. The first kappa shape index (κ1) is 37.7. The van der Waals surface area contributed by atoms with E-state index in [4.69, 9.17) is 28.0 Å². The summed E-state index contributed by atoms with van der Waals surface area (Å²) < 4.78 is 39.4. The summed E-state index contributed by atoms with van der Waals surface area (Å²) in [7, 11) is 1.46. The normalized spacial score (nSPS) is 18.3. The van der Waals surface area contributed by atoms with Gasteiger partial charge in [-0.15, -0.1) is 0 Å². The van der Waals surface area contributed by atoms with E-state index >= 15 is 0 Å². The Morgan fingerprint density at radius 1 is 1.00 bits per heavy atom. The first-order chi connectivity index (χ1) is 25.8. The molecule has 0 amide bonds. The third-order valence-corrected chi connectivity index (χ3v) is 10.8. The van der Waals surface area contributed by atoms with Crippen LogP contribution in [0.4, 0.5) is 0 Å². The largest absolute Gasteiger partial charge is 0.497 e. The van der Waals surface area contributed by atoms with Crippen LogP contribution in [0.25, 0.3) is 0 Å². The van der Waals surface area contributed by atoms with Gasteiger partial charge in [-0.2, -0.15) is 5.26 Å². The third kappa shape index (κ3) is 8.28. The van der Waals surface area contributed by atoms with E-state index in [1.165, 1.54) is 17.1 Å². The lowest BCUT2D eigenvalue weighted by Gasteiger charge is -2.37. The number of aryl methyl sites for hydroxylation is 1. The highest BCUT2D eigenvalue weighted by Gasteiger charge is 2.44. The summed E-state index contributed by atoms with van der Waals surface area (Å²) in [6.45, 7) is 3.58. The number of hydrogen-bond donors (Lipinski definition) is 2. The zero-order valence-corrected chi connectivity index (χ0v) is 30.8. The Balaban J connectivity index is 1.43. The summed E-state index contributed by atoms with van der Waals surface area (Å²) in [4.78, 5) is 35.0. The van der Waals surface area contributed by atoms with E-state index in [9.17, 15) is 14.9 Å². The Bertz CT molecular complexity index is 2030. The molecule has 3 heterocycles. The highest BCUT2D eigenvalue weighted by atomic mass is 31.2. The lowest BCUT2D eigenvalue weighted by molar-refractivity contribution is -0.0918. The topological polar surface area (TPSA) is 163 Å². The molecule has 2 N–H and O–H groups in total. The molecule has 2 aromatic heterocycles. The molecule has 0 radical (unpaired) electrons. The molecule has 0 aliphatic carbocycles. The Kier molecular flexibility index (Phi) is 12.2. The number of imidazole rings is 1. The summed E-state index contributed by atoms with van der Waals surface area (Å²) in [6.07, 6.45) is 3.09. The van der Waals surface area contributed by atoms with Gasteiger partial charge in [0.2, 0.25) is 8.38 Å². The maximum atomic E-state index is 13.1. The van der Waals surface area contributed by atoms with E-state index in [-0.39, 0.29) is 25.6 Å². The number of aromatic amines is 2. The molecule has 53 heavy (non-hydrogen) atoms. The number of nitrogens with zero attached hydrogens (tertiary/aromatic N) is 3. The minimum absolute atomic E-state index is 0.00670. The number of nitrogens with one attached hydrogen (secondary N) is 2. The molecule has 3 aromatic carbocycles. The van der Waals surface area contributed by atoms with Crippen molar-refractivity contribution in [2.24, 2.45) is 0 Å². The molecule has 1 saturated heterocycles. The first-order valence-corrected chi connectivity index (χ1v) is 18.4. The molecule has 2 unspecified atom stereocenters. The summed E-state index contributed by atoms with van der Waals surface area (Å²) >= 11 is 0. The smallest absolute Gasteiger partial charge is 0.330 e. The lowest BCUT2D eigenvalue weighted by atomic mass is 9.80. The van der Waals surface area contributed by atoms with E-state index in [1.54, 1.807) is 27.3 Å². The second-order valence-corrected chi connectivity index (χ2v) is 13.9. The van der Waals surface area contributed by atoms with Gasteiger partial charge in [0.25, 0.3) is 5.56 Å². The maximum Gasteiger partial charge on any atom is 0.330 e. The molecule has 14 heteroatoms. The van der Waals surface area contributed by atoms with Gasteiger partial charge in [0.05, 0.1) is 58.0 Å². The summed E-state index contributed by atoms with van der Waals surface area (Å²) in [5, 5.41) is 9.46. The molecule has 0 spiro atoms. The van der Waals surface area contributed by atoms with Gasteiger partial charge >= 0.3 is 5.69 Å². The molecule has 5 aromatic rings. The van der Waals surface area contributed by atoms with Crippen LogP contribution >= 0.6 is 8.38 Å². The van der Waals surface area contributed by atoms with Gasteiger partial charge in [0.1, 0.15) is 34.9 Å². The molecular formula is C39H42N5O8P. The second kappa shape index (κ2) is 17.2. The molecule has 1 aliphatic heterocycles. The van der Waals surface area contributed by atoms with Crippen molar-refractivity contribution in [2.45, 2.75) is 63.3 Å². The Morgan fingerprint density at radius 2 is 1.64 bits per heavy atom. The van der Waals surface area contributed by atoms with Gasteiger partial charge in [-0.3, -0.25) is 14.3 Å². The minimum Gasteiger partial charge on any atom is -0.497 e. The van der Waals surface area contributed by atoms with Crippen LogP contribution in [-0.4, -0.2) is 58.7 Å². The number of H-pyrrole nitrogens is 2. The van der Waals surface area contributed by atoms with Crippen LogP contribution < -0.4 is 26.2 Å². The number of ether oxygens (including phenoxy) is 4. The van der Waals surface area contributed by atoms with E-state index in [0.717, 1.165) is 16.7 Å². The van der Waals surface area contributed by atoms with Crippen molar-refractivity contribution in [2.75, 3.05) is 20.8 Å². The van der Waals surface area contributed by atoms with Gasteiger partial charge in [-0.1, -0.05) is 61.5 Å². The fourth-order valence-electron chi connectivity index (χ4n) is 6.32. The minimum atomic E-state index is -1.78. The van der Waals surface area contributed by atoms with E-state index < -0.39 is 43.7 Å². The second-order valence-electron chi connectivity index (χ2n) is 12.5. The lowest BCUT2D eigenvalue weighted by Crippen LogP contribution is -2.38. The van der Waals surface area contributed by atoms with Crippen molar-refractivity contribution >= 4 is 13.8 Å². The molecular weight excluding hydrogens is 697 g/mol. The number of hydrogen-bond acceptors (Lipinski definition) is 10. The van der Waals surface area contributed by atoms with Crippen LogP contribution in [0.2, 0.25) is 0 Å². The van der Waals surface area contributed by atoms with Crippen LogP contribution in [0.15, 0.2) is 107 Å². The average molecular weight is 740 g/mol. The van der Waals surface area contributed by atoms with Crippen LogP contribution in [-0.2, 0) is 24.1 Å². The SMILES string of the molecule is CCC(CC#N)OP(O[C@H]1C[C@H](n2cc(C)c(=O)[nH]c2=O)O[C@@H]1COC(c1ccccc1)(c1ccc(OC)cc1)c1ccc(OC)cc1)c1cnc[nH]1. The zero-order valence-electron chi connectivity index (χ0n) is 29.9. The number of rotatable bonds is 16. The third-order valence-electron chi connectivity index (χ3n) is 9.20. The molecule has 0 bridgehead atoms. The summed E-state index contributed by atoms with van der Waals surface area (Å²) in [6, 6.07) is 27.5. The molecule has 1 fully saturated rings. The van der Waals surface area contributed by atoms with Gasteiger partial charge < -0.3 is 33.0 Å². The Labute approximate surface area is 308 Å². The van der Waals surface area contributed by atoms with Crippen LogP contribution in [0.3, 0.4) is 0 Å². The summed E-state index contributed by atoms with van der Waals surface area (Å²) in [5.74, 6) is 1.38. The fourth-order valence-corrected chi connectivity index (χ4v) is 7.88. The first-order valence-electron chi connectivity index (χ1n) is 17.2. The monoisotopic (exact) mass is 739 g/mol. The van der Waals surface area contributed by atoms with Crippen LogP contribution in [0.1, 0.15) is 54.7 Å². The van der Waals surface area contributed by atoms with Crippen molar-refractivity contribution in [3.63, 3.8) is 0 Å². The van der Waals surface area contributed by atoms with Gasteiger partial charge in [-0.05, 0) is 54.3 Å². The van der Waals surface area contributed by atoms with Crippen molar-refractivity contribution < 1.29 is 28.0 Å². The van der Waals surface area contributed by atoms with Gasteiger partial charge in [0.15, 0.2) is 0 Å². The van der Waals surface area contributed by atoms with E-state index in [0.29, 0.717) is 28.9 Å². The predicted molar refractivity (Wildman–Crippen MR) is 198 cm³/mol. The van der Waals surface area contributed by atoms with Crippen LogP contribution in [0, 0.1) is 18.3 Å². The van der Waals surface area contributed by atoms with E-state index in [2.05, 4.69) is 21.0 Å². The standard InChI is InChI=1S/C39H42N5O8P/c1-5-30(19-20-40)51-53(35-22-41-25-42-35)52-33-21-36(44-23-26(2)37(45)43-38(44)46)50-34(33)24-49-39(27-9-7-6-8-10-27,28-11-15-31(47-3)16-12-28)29-13-17-32(48-4)18-14-29/h6-18,22-23,25,30,33-34,36H,5,19,21,24H2,1-4H3,(H,41,42)(H,43,45,46)/t30?,33-,34+,36+,53?/m0/s1. The van der Waals surface area contributed by atoms with E-state index in [1.807, 2.05) is 85.8 Å². The van der Waals surface area contributed by atoms with Gasteiger partial charge in [-0.25, -0.2) is 9.78 Å². The average Bonchev–Trinajstić information content (AvgIpc) is 3.88. The molecule has 1 aliphatic rings. The summed E-state index contributed by atoms with van der Waals surface area (Å²) in [5.41, 5.74) is 1.28. The molecule has 0 saturated carbocycles. The van der Waals surface area contributed by atoms with Crippen molar-refractivity contribution in [3.8, 4) is 17.6 Å². The fraction of sp³-hybridized carbons (Fsp3) is 0.333. The Hall–Kier alpha value is -5.09. The van der Waals surface area contributed by atoms with Gasteiger partial charge in [0, 0.05) is 18.2 Å². The molecule has 276 valence electrons. The molecule has 6 rings (SSSR count). The number of nitriles is 1. The van der Waals surface area contributed by atoms with Crippen LogP contribution in [0.5, 0.6) is 11.5 Å². The molecule has 5 atom stereocenters. The maximum absolute atomic E-state index is 13.1. The van der Waals surface area contributed by atoms with Crippen molar-refractivity contribution in [3.05, 3.63) is 141 Å². The quantitative estimate of drug-likeness (QED) is 0.0961. The van der Waals surface area contributed by atoms with Crippen molar-refractivity contribution in [1.29, 1.82) is 5.26 Å². The highest BCUT2D eigenvalue weighted by Crippen LogP contribution is 2.47. The number of aromatic nitrogens is 4. The predicted octanol–water partition coefficient (Wildman–Crippen LogP) is 5.61. The molecule has 13 nitrogen and oxygen atoms in total. The Morgan fingerprint density at radius 3 is 2.21 bits per heavy atom. The van der Waals surface area contributed by atoms with Crippen molar-refractivity contribution in [1.82, 2.24) is 19.5 Å². The number of methoxy groups -OCH3 is 2. The number of benzene rings is 3. The zero-order chi connectivity index (χ0) is 37.4.